The van der Waals surface area contributed by atoms with Crippen LogP contribution in [0.4, 0.5) is 0 Å². The Balaban J connectivity index is 3.48. The highest BCUT2D eigenvalue weighted by atomic mass is 14.2. The third-order valence-corrected chi connectivity index (χ3v) is 3.60. The first-order chi connectivity index (χ1) is 7.64. The van der Waals surface area contributed by atoms with Crippen molar-refractivity contribution in [1.29, 1.82) is 0 Å². The molecule has 0 amide bonds. The molecule has 1 rings (SSSR count). The molecule has 0 saturated heterocycles. The first-order valence-electron chi connectivity index (χ1n) is 6.79. The van der Waals surface area contributed by atoms with Crippen LogP contribution in [-0.2, 0) is 5.41 Å². The van der Waals surface area contributed by atoms with Gasteiger partial charge in [0.1, 0.15) is 0 Å². The predicted molar refractivity (Wildman–Crippen MR) is 78.1 cm³/mol. The molecule has 1 aromatic carbocycles. The normalized spacial score (nSPS) is 12.6. The van der Waals surface area contributed by atoms with Crippen LogP contribution in [0, 0.1) is 6.92 Å². The molecule has 0 unspecified atom stereocenters. The van der Waals surface area contributed by atoms with Gasteiger partial charge in [0, 0.05) is 0 Å². The van der Waals surface area contributed by atoms with Gasteiger partial charge in [0.05, 0.1) is 0 Å². The summed E-state index contributed by atoms with van der Waals surface area (Å²) in [5, 5.41) is 0. The molecule has 0 saturated carbocycles. The van der Waals surface area contributed by atoms with E-state index in [1.165, 1.54) is 22.3 Å². The van der Waals surface area contributed by atoms with Gasteiger partial charge in [-0.3, -0.25) is 0 Å². The average Bonchev–Trinajstić information content (AvgIpc) is 2.14. The molecule has 0 aliphatic carbocycles. The number of rotatable bonds is 2. The summed E-state index contributed by atoms with van der Waals surface area (Å²) in [6.07, 6.45) is 0. The Morgan fingerprint density at radius 2 is 1.18 bits per heavy atom. The van der Waals surface area contributed by atoms with Crippen molar-refractivity contribution in [2.45, 2.75) is 72.6 Å². The van der Waals surface area contributed by atoms with Crippen molar-refractivity contribution in [3.05, 3.63) is 34.4 Å². The third kappa shape index (κ3) is 3.12. The van der Waals surface area contributed by atoms with Crippen LogP contribution in [0.3, 0.4) is 0 Å². The molecule has 0 radical (unpaired) electrons. The summed E-state index contributed by atoms with van der Waals surface area (Å²) < 4.78 is 0. The molecule has 96 valence electrons. The fraction of sp³-hybridized carbons (Fsp3) is 0.647. The molecule has 1 aromatic rings. The van der Waals surface area contributed by atoms with Gasteiger partial charge in [0.15, 0.2) is 0 Å². The lowest BCUT2D eigenvalue weighted by Crippen LogP contribution is -2.14. The van der Waals surface area contributed by atoms with Gasteiger partial charge in [-0.05, 0) is 46.4 Å². The molecule has 0 heterocycles. The largest absolute Gasteiger partial charge is 0.0587 e. The lowest BCUT2D eigenvalue weighted by molar-refractivity contribution is 0.586. The van der Waals surface area contributed by atoms with Crippen LogP contribution in [-0.4, -0.2) is 0 Å². The van der Waals surface area contributed by atoms with E-state index >= 15 is 0 Å². The van der Waals surface area contributed by atoms with Gasteiger partial charge in [-0.2, -0.15) is 0 Å². The molecule has 0 spiro atoms. The Morgan fingerprint density at radius 1 is 0.824 bits per heavy atom. The van der Waals surface area contributed by atoms with Gasteiger partial charge in [-0.15, -0.1) is 0 Å². The van der Waals surface area contributed by atoms with E-state index in [2.05, 4.69) is 67.5 Å². The lowest BCUT2D eigenvalue weighted by atomic mass is 9.80. The highest BCUT2D eigenvalue weighted by molar-refractivity contribution is 5.43. The van der Waals surface area contributed by atoms with Gasteiger partial charge < -0.3 is 0 Å². The average molecular weight is 232 g/mol. The summed E-state index contributed by atoms with van der Waals surface area (Å²) >= 11 is 0. The van der Waals surface area contributed by atoms with E-state index in [1.807, 2.05) is 0 Å². The first-order valence-corrected chi connectivity index (χ1v) is 6.79. The zero-order chi connectivity index (χ0) is 13.4. The van der Waals surface area contributed by atoms with E-state index in [4.69, 9.17) is 0 Å². The second-order valence-electron chi connectivity index (χ2n) is 6.84. The van der Waals surface area contributed by atoms with Crippen LogP contribution in [0.5, 0.6) is 0 Å². The van der Waals surface area contributed by atoms with Gasteiger partial charge in [-0.25, -0.2) is 0 Å². The number of hydrogen-bond donors (Lipinski definition) is 0. The van der Waals surface area contributed by atoms with E-state index in [0.29, 0.717) is 11.8 Å². The summed E-state index contributed by atoms with van der Waals surface area (Å²) in [5.41, 5.74) is 6.22. The maximum Gasteiger partial charge on any atom is -0.0132 e. The van der Waals surface area contributed by atoms with Gasteiger partial charge in [-0.1, -0.05) is 60.6 Å². The second-order valence-corrected chi connectivity index (χ2v) is 6.84. The van der Waals surface area contributed by atoms with E-state index in [1.54, 1.807) is 0 Å². The maximum absolute atomic E-state index is 2.41. The zero-order valence-electron chi connectivity index (χ0n) is 12.8. The van der Waals surface area contributed by atoms with Gasteiger partial charge >= 0.3 is 0 Å². The van der Waals surface area contributed by atoms with Crippen LogP contribution in [0.25, 0.3) is 0 Å². The van der Waals surface area contributed by atoms with E-state index < -0.39 is 0 Å². The molecule has 0 N–H and O–H groups in total. The molecule has 0 aliphatic rings. The molecule has 0 fully saturated rings. The van der Waals surface area contributed by atoms with Gasteiger partial charge in [0.2, 0.25) is 0 Å². The zero-order valence-corrected chi connectivity index (χ0v) is 12.8. The molecule has 0 aromatic heterocycles. The SMILES string of the molecule is Cc1c(C(C)C)cc(C(C)(C)C)cc1C(C)C. The van der Waals surface area contributed by atoms with Crippen LogP contribution >= 0.6 is 0 Å². The molecule has 0 atom stereocenters. The smallest absolute Gasteiger partial charge is 0.0132 e. The summed E-state index contributed by atoms with van der Waals surface area (Å²) in [4.78, 5) is 0. The molecular formula is C17H28. The Bertz CT molecular complexity index is 360. The van der Waals surface area contributed by atoms with Crippen LogP contribution in [0.2, 0.25) is 0 Å². The standard InChI is InChI=1S/C17H28/c1-11(2)15-9-14(17(6,7)8)10-16(12(3)4)13(15)5/h9-12H,1-8H3. The summed E-state index contributed by atoms with van der Waals surface area (Å²) in [6, 6.07) is 4.82. The Kier molecular flexibility index (Phi) is 4.06. The third-order valence-electron chi connectivity index (χ3n) is 3.60. The minimum absolute atomic E-state index is 0.237. The van der Waals surface area contributed by atoms with Crippen molar-refractivity contribution >= 4 is 0 Å². The fourth-order valence-corrected chi connectivity index (χ4v) is 2.39. The maximum atomic E-state index is 2.41. The lowest BCUT2D eigenvalue weighted by Gasteiger charge is -2.25. The molecule has 0 nitrogen and oxygen atoms in total. The molecule has 0 bridgehead atoms. The highest BCUT2D eigenvalue weighted by Crippen LogP contribution is 2.33. The topological polar surface area (TPSA) is 0 Å². The van der Waals surface area contributed by atoms with Crippen LogP contribution < -0.4 is 0 Å². The molecular weight excluding hydrogens is 204 g/mol. The van der Waals surface area contributed by atoms with Crippen molar-refractivity contribution in [1.82, 2.24) is 0 Å². The predicted octanol–water partition coefficient (Wildman–Crippen LogP) is 5.54. The van der Waals surface area contributed by atoms with Crippen molar-refractivity contribution < 1.29 is 0 Å². The van der Waals surface area contributed by atoms with E-state index in [0.717, 1.165) is 0 Å². The van der Waals surface area contributed by atoms with Gasteiger partial charge in [0.25, 0.3) is 0 Å². The van der Waals surface area contributed by atoms with Crippen molar-refractivity contribution in [2.24, 2.45) is 0 Å². The first kappa shape index (κ1) is 14.3. The highest BCUT2D eigenvalue weighted by Gasteiger charge is 2.19. The fourth-order valence-electron chi connectivity index (χ4n) is 2.39. The number of hydrogen-bond acceptors (Lipinski definition) is 0. The van der Waals surface area contributed by atoms with E-state index in [9.17, 15) is 0 Å². The summed E-state index contributed by atoms with van der Waals surface area (Å²) in [5.74, 6) is 1.21. The monoisotopic (exact) mass is 232 g/mol. The number of benzene rings is 1. The van der Waals surface area contributed by atoms with Crippen molar-refractivity contribution in [3.63, 3.8) is 0 Å². The Hall–Kier alpha value is -0.780. The minimum atomic E-state index is 0.237. The molecule has 0 aliphatic heterocycles. The van der Waals surface area contributed by atoms with Crippen LogP contribution in [0.15, 0.2) is 12.1 Å². The van der Waals surface area contributed by atoms with Crippen molar-refractivity contribution in [2.75, 3.05) is 0 Å². The second kappa shape index (κ2) is 4.84. The molecule has 17 heavy (non-hydrogen) atoms. The minimum Gasteiger partial charge on any atom is -0.0587 e. The quantitative estimate of drug-likeness (QED) is 0.628. The summed E-state index contributed by atoms with van der Waals surface area (Å²) in [6.45, 7) is 18.3. The van der Waals surface area contributed by atoms with E-state index in [-0.39, 0.29) is 5.41 Å². The van der Waals surface area contributed by atoms with Crippen molar-refractivity contribution in [3.8, 4) is 0 Å². The summed E-state index contributed by atoms with van der Waals surface area (Å²) in [7, 11) is 0. The Labute approximate surface area is 107 Å². The van der Waals surface area contributed by atoms with Crippen LogP contribution in [0.1, 0.15) is 82.6 Å². The Morgan fingerprint density at radius 3 is 1.41 bits per heavy atom. The molecule has 0 heteroatoms.